The van der Waals surface area contributed by atoms with E-state index in [4.69, 9.17) is 4.74 Å². The Hall–Kier alpha value is -1.92. The van der Waals surface area contributed by atoms with Gasteiger partial charge in [-0.1, -0.05) is 243 Å². The Kier molecular flexibility index (Phi) is 53.1. The molecule has 0 fully saturated rings. The summed E-state index contributed by atoms with van der Waals surface area (Å²) in [5, 5.41) is 23.3. The second-order valence-electron chi connectivity index (χ2n) is 19.6. The number of carbonyl (C=O) groups is 2. The normalized spacial score (nSPS) is 12.9. The summed E-state index contributed by atoms with van der Waals surface area (Å²) in [6, 6.07) is -0.551. The summed E-state index contributed by atoms with van der Waals surface area (Å²) in [7, 11) is 0. The van der Waals surface area contributed by atoms with E-state index in [0.717, 1.165) is 64.2 Å². The number of carbonyl (C=O) groups excluding carboxylic acids is 2. The summed E-state index contributed by atoms with van der Waals surface area (Å²) in [4.78, 5) is 24.5. The Morgan fingerprint density at radius 1 is 0.431 bits per heavy atom. The molecule has 0 aliphatic heterocycles. The van der Waals surface area contributed by atoms with Crippen LogP contribution in [0.3, 0.4) is 0 Å². The van der Waals surface area contributed by atoms with Crippen molar-refractivity contribution >= 4 is 11.9 Å². The lowest BCUT2D eigenvalue weighted by Crippen LogP contribution is -2.45. The highest BCUT2D eigenvalue weighted by molar-refractivity contribution is 5.76. The summed E-state index contributed by atoms with van der Waals surface area (Å²) in [5.41, 5.74) is 0. The molecule has 0 heterocycles. The first-order chi connectivity index (χ1) is 32.0. The Morgan fingerprint density at radius 2 is 0.769 bits per heavy atom. The fraction of sp³-hybridized carbons (Fsp3) is 0.864. The maximum absolute atomic E-state index is 12.5. The molecule has 0 rings (SSSR count). The maximum atomic E-state index is 12.5. The van der Waals surface area contributed by atoms with Crippen LogP contribution in [0.2, 0.25) is 0 Å². The first kappa shape index (κ1) is 63.1. The summed E-state index contributed by atoms with van der Waals surface area (Å²) >= 11 is 0. The first-order valence-electron chi connectivity index (χ1n) is 28.7. The third-order valence-corrected chi connectivity index (χ3v) is 13.2. The molecule has 1 amide bonds. The van der Waals surface area contributed by atoms with Crippen molar-refractivity contribution in [3.05, 3.63) is 36.5 Å². The molecule has 0 radical (unpaired) electrons. The van der Waals surface area contributed by atoms with Crippen LogP contribution >= 0.6 is 0 Å². The van der Waals surface area contributed by atoms with Crippen molar-refractivity contribution in [3.8, 4) is 0 Å². The van der Waals surface area contributed by atoms with E-state index < -0.39 is 12.1 Å². The molecular weight excluding hydrogens is 803 g/mol. The number of amides is 1. The van der Waals surface area contributed by atoms with Gasteiger partial charge in [0.15, 0.2) is 0 Å². The Bertz CT molecular complexity index is 1060. The molecule has 6 nitrogen and oxygen atoms in total. The fourth-order valence-corrected chi connectivity index (χ4v) is 8.72. The molecule has 0 saturated heterocycles. The monoisotopic (exact) mass is 914 g/mol. The molecule has 0 aromatic heterocycles. The Morgan fingerprint density at radius 3 is 1.22 bits per heavy atom. The summed E-state index contributed by atoms with van der Waals surface area (Å²) in [6.07, 6.45) is 67.0. The van der Waals surface area contributed by atoms with Gasteiger partial charge in [-0.25, -0.2) is 0 Å². The van der Waals surface area contributed by atoms with E-state index in [1.807, 2.05) is 0 Å². The van der Waals surface area contributed by atoms with E-state index in [0.29, 0.717) is 25.9 Å². The maximum Gasteiger partial charge on any atom is 0.305 e. The number of unbranched alkanes of at least 4 members (excludes halogenated alkanes) is 36. The highest BCUT2D eigenvalue weighted by Gasteiger charge is 2.20. The van der Waals surface area contributed by atoms with Gasteiger partial charge < -0.3 is 20.3 Å². The quantitative estimate of drug-likeness (QED) is 0.0321. The van der Waals surface area contributed by atoms with Crippen LogP contribution in [0, 0.1) is 0 Å². The minimum atomic E-state index is -0.673. The first-order valence-corrected chi connectivity index (χ1v) is 28.7. The van der Waals surface area contributed by atoms with Crippen molar-refractivity contribution in [2.24, 2.45) is 0 Å². The minimum Gasteiger partial charge on any atom is -0.466 e. The lowest BCUT2D eigenvalue weighted by Gasteiger charge is -2.22. The van der Waals surface area contributed by atoms with Crippen molar-refractivity contribution in [2.45, 2.75) is 315 Å². The predicted molar refractivity (Wildman–Crippen MR) is 283 cm³/mol. The van der Waals surface area contributed by atoms with Crippen LogP contribution in [-0.2, 0) is 14.3 Å². The number of allylic oxidation sites excluding steroid dienone is 6. The highest BCUT2D eigenvalue weighted by Crippen LogP contribution is 2.17. The molecule has 0 aliphatic rings. The van der Waals surface area contributed by atoms with Crippen molar-refractivity contribution in [2.75, 3.05) is 13.2 Å². The molecule has 65 heavy (non-hydrogen) atoms. The topological polar surface area (TPSA) is 95.9 Å². The van der Waals surface area contributed by atoms with Crippen molar-refractivity contribution in [1.82, 2.24) is 5.32 Å². The van der Waals surface area contributed by atoms with Gasteiger partial charge in [-0.3, -0.25) is 9.59 Å². The number of hydrogen-bond acceptors (Lipinski definition) is 5. The second kappa shape index (κ2) is 54.7. The summed E-state index contributed by atoms with van der Waals surface area (Å²) < 4.78 is 5.46. The van der Waals surface area contributed by atoms with Gasteiger partial charge in [-0.15, -0.1) is 0 Å². The molecule has 6 heteroatoms. The van der Waals surface area contributed by atoms with E-state index in [9.17, 15) is 19.8 Å². The predicted octanol–water partition coefficient (Wildman–Crippen LogP) is 17.6. The Balaban J connectivity index is 3.47. The van der Waals surface area contributed by atoms with E-state index in [2.05, 4.69) is 55.6 Å². The zero-order valence-electron chi connectivity index (χ0n) is 43.5. The van der Waals surface area contributed by atoms with Gasteiger partial charge in [0.05, 0.1) is 25.4 Å². The summed E-state index contributed by atoms with van der Waals surface area (Å²) in [6.45, 7) is 4.91. The van der Waals surface area contributed by atoms with Gasteiger partial charge in [0.1, 0.15) is 0 Å². The number of aliphatic hydroxyl groups is 2. The number of rotatable bonds is 53. The van der Waals surface area contributed by atoms with Gasteiger partial charge in [-0.2, -0.15) is 0 Å². The Labute approximate surface area is 404 Å². The molecule has 382 valence electrons. The van der Waals surface area contributed by atoms with Crippen molar-refractivity contribution in [3.63, 3.8) is 0 Å². The highest BCUT2D eigenvalue weighted by atomic mass is 16.5. The average Bonchev–Trinajstić information content (AvgIpc) is 3.31. The van der Waals surface area contributed by atoms with Gasteiger partial charge in [0, 0.05) is 12.8 Å². The average molecular weight is 915 g/mol. The lowest BCUT2D eigenvalue weighted by atomic mass is 10.0. The number of nitrogens with one attached hydrogen (secondary N) is 1. The molecule has 0 aromatic rings. The van der Waals surface area contributed by atoms with Crippen LogP contribution < -0.4 is 5.32 Å². The largest absolute Gasteiger partial charge is 0.466 e. The zero-order valence-corrected chi connectivity index (χ0v) is 43.5. The number of ether oxygens (including phenoxy) is 1. The van der Waals surface area contributed by atoms with Gasteiger partial charge in [0.2, 0.25) is 5.91 Å². The van der Waals surface area contributed by atoms with Gasteiger partial charge in [-0.05, 0) is 83.5 Å². The summed E-state index contributed by atoms with van der Waals surface area (Å²) in [5.74, 6) is -0.0624. The minimum absolute atomic E-state index is 0.0159. The molecule has 0 aliphatic carbocycles. The third-order valence-electron chi connectivity index (χ3n) is 13.2. The molecular formula is C59H111NO5. The SMILES string of the molecule is CCCCC/C=C\C/C=C\CCCCCCCC(=O)OCCCCCCCC/C=C\CCCCCCCCCC(=O)NC(CO)C(O)CCCCCCCCCCCCCCCCCC. The van der Waals surface area contributed by atoms with Crippen LogP contribution in [0.5, 0.6) is 0 Å². The second-order valence-corrected chi connectivity index (χ2v) is 19.6. The number of aliphatic hydroxyl groups excluding tert-OH is 2. The standard InChI is InChI=1S/C59H111NO5/c1-3-5-7-9-11-13-15-17-19-24-27-31-35-39-43-47-51-57(62)56(55-61)60-58(63)52-48-44-40-36-32-28-25-21-20-22-26-30-34-38-42-46-50-54-65-59(64)53-49-45-41-37-33-29-23-18-16-14-12-10-8-6-4-2/h12,14,18,20,22-23,56-57,61-62H,3-11,13,15-17,19,21,24-55H2,1-2H3,(H,60,63)/b14-12-,22-20-,23-18-. The molecule has 0 aromatic carbocycles. The number of hydrogen-bond donors (Lipinski definition) is 3. The van der Waals surface area contributed by atoms with E-state index in [1.165, 1.54) is 205 Å². The molecule has 0 saturated carbocycles. The zero-order chi connectivity index (χ0) is 47.2. The van der Waals surface area contributed by atoms with Crippen molar-refractivity contribution in [1.29, 1.82) is 0 Å². The van der Waals surface area contributed by atoms with Crippen molar-refractivity contribution < 1.29 is 24.5 Å². The van der Waals surface area contributed by atoms with Crippen LogP contribution in [0.4, 0.5) is 0 Å². The smallest absolute Gasteiger partial charge is 0.305 e. The third kappa shape index (κ3) is 51.3. The van der Waals surface area contributed by atoms with E-state index in [-0.39, 0.29) is 18.5 Å². The molecule has 0 bridgehead atoms. The number of esters is 1. The van der Waals surface area contributed by atoms with Crippen LogP contribution in [0.25, 0.3) is 0 Å². The molecule has 3 N–H and O–H groups in total. The molecule has 2 unspecified atom stereocenters. The van der Waals surface area contributed by atoms with Gasteiger partial charge >= 0.3 is 5.97 Å². The van der Waals surface area contributed by atoms with E-state index >= 15 is 0 Å². The van der Waals surface area contributed by atoms with E-state index in [1.54, 1.807) is 0 Å². The lowest BCUT2D eigenvalue weighted by molar-refractivity contribution is -0.143. The van der Waals surface area contributed by atoms with Crippen LogP contribution in [0.15, 0.2) is 36.5 Å². The fourth-order valence-electron chi connectivity index (χ4n) is 8.72. The van der Waals surface area contributed by atoms with Crippen LogP contribution in [0.1, 0.15) is 303 Å². The molecule has 0 spiro atoms. The molecule has 2 atom stereocenters. The van der Waals surface area contributed by atoms with Crippen LogP contribution in [-0.4, -0.2) is 47.4 Å². The van der Waals surface area contributed by atoms with Gasteiger partial charge in [0.25, 0.3) is 0 Å².